The summed E-state index contributed by atoms with van der Waals surface area (Å²) >= 11 is 1.30. The first-order chi connectivity index (χ1) is 9.05. The summed E-state index contributed by atoms with van der Waals surface area (Å²) in [4.78, 5) is 0. The SMILES string of the molecule is N=C1SC2CS(=O)(=O)CC2N1/N=C\c1ccccc1. The fraction of sp³-hybridized carbons (Fsp3) is 0.333. The van der Waals surface area contributed by atoms with Gasteiger partial charge in [-0.05, 0) is 5.56 Å². The predicted molar refractivity (Wildman–Crippen MR) is 77.4 cm³/mol. The Morgan fingerprint density at radius 1 is 1.32 bits per heavy atom. The van der Waals surface area contributed by atoms with Gasteiger partial charge in [-0.2, -0.15) is 5.10 Å². The van der Waals surface area contributed by atoms with Crippen LogP contribution in [0, 0.1) is 5.41 Å². The molecule has 2 atom stereocenters. The van der Waals surface area contributed by atoms with E-state index in [1.54, 1.807) is 6.21 Å². The smallest absolute Gasteiger partial charge is 0.177 e. The number of nitrogens with zero attached hydrogens (tertiary/aromatic N) is 2. The van der Waals surface area contributed by atoms with Gasteiger partial charge in [0.1, 0.15) is 0 Å². The first-order valence-electron chi connectivity index (χ1n) is 5.89. The van der Waals surface area contributed by atoms with Gasteiger partial charge in [-0.25, -0.2) is 13.4 Å². The fourth-order valence-corrected chi connectivity index (χ4v) is 6.01. The standard InChI is InChI=1S/C12H13N3O2S2/c13-12-15(14-6-9-4-2-1-3-5-9)10-7-19(16,17)8-11(10)18-12/h1-6,10-11,13H,7-8H2/b13-12?,14-6-. The van der Waals surface area contributed by atoms with Crippen molar-refractivity contribution >= 4 is 33.0 Å². The molecule has 2 heterocycles. The van der Waals surface area contributed by atoms with E-state index >= 15 is 0 Å². The summed E-state index contributed by atoms with van der Waals surface area (Å²) in [5, 5.41) is 14.0. The molecule has 0 bridgehead atoms. The maximum Gasteiger partial charge on any atom is 0.177 e. The number of hydrazone groups is 1. The molecule has 1 N–H and O–H groups in total. The Bertz CT molecular complexity index is 628. The lowest BCUT2D eigenvalue weighted by Gasteiger charge is -2.17. The van der Waals surface area contributed by atoms with Crippen molar-refractivity contribution in [3.05, 3.63) is 35.9 Å². The lowest BCUT2D eigenvalue weighted by Crippen LogP contribution is -2.32. The van der Waals surface area contributed by atoms with E-state index in [9.17, 15) is 8.42 Å². The molecule has 5 nitrogen and oxygen atoms in total. The molecular weight excluding hydrogens is 282 g/mol. The van der Waals surface area contributed by atoms with Gasteiger partial charge in [-0.3, -0.25) is 5.41 Å². The fourth-order valence-electron chi connectivity index (χ4n) is 2.29. The van der Waals surface area contributed by atoms with Crippen LogP contribution in [-0.2, 0) is 9.84 Å². The molecule has 0 radical (unpaired) electrons. The van der Waals surface area contributed by atoms with E-state index in [4.69, 9.17) is 5.41 Å². The average molecular weight is 295 g/mol. The third-order valence-electron chi connectivity index (χ3n) is 3.19. The van der Waals surface area contributed by atoms with E-state index in [0.29, 0.717) is 5.17 Å². The molecule has 0 aliphatic carbocycles. The summed E-state index contributed by atoms with van der Waals surface area (Å²) in [5.41, 5.74) is 0.935. The van der Waals surface area contributed by atoms with Gasteiger partial charge in [0.25, 0.3) is 0 Å². The van der Waals surface area contributed by atoms with Gasteiger partial charge in [0, 0.05) is 5.25 Å². The number of nitrogens with one attached hydrogen (secondary N) is 1. The molecule has 0 saturated carbocycles. The van der Waals surface area contributed by atoms with Gasteiger partial charge in [0.15, 0.2) is 15.0 Å². The van der Waals surface area contributed by atoms with Gasteiger partial charge in [-0.15, -0.1) is 0 Å². The van der Waals surface area contributed by atoms with Crippen LogP contribution in [0.4, 0.5) is 0 Å². The second kappa shape index (κ2) is 4.64. The predicted octanol–water partition coefficient (Wildman–Crippen LogP) is 1.17. The number of thioether (sulfide) groups is 1. The first-order valence-corrected chi connectivity index (χ1v) is 8.59. The molecular formula is C12H13N3O2S2. The van der Waals surface area contributed by atoms with Gasteiger partial charge in [0.2, 0.25) is 0 Å². The van der Waals surface area contributed by atoms with Crippen LogP contribution in [0.15, 0.2) is 35.4 Å². The topological polar surface area (TPSA) is 73.6 Å². The molecule has 0 amide bonds. The van der Waals surface area contributed by atoms with Crippen LogP contribution in [0.2, 0.25) is 0 Å². The Balaban J connectivity index is 1.81. The van der Waals surface area contributed by atoms with Crippen molar-refractivity contribution in [3.63, 3.8) is 0 Å². The highest BCUT2D eigenvalue weighted by Crippen LogP contribution is 2.37. The Labute approximate surface area is 116 Å². The zero-order valence-electron chi connectivity index (χ0n) is 10.1. The van der Waals surface area contributed by atoms with Crippen LogP contribution >= 0.6 is 11.8 Å². The molecule has 1 aromatic carbocycles. The molecule has 2 fully saturated rings. The largest absolute Gasteiger partial charge is 0.277 e. The number of rotatable bonds is 2. The van der Waals surface area contributed by atoms with Crippen molar-refractivity contribution in [2.75, 3.05) is 11.5 Å². The van der Waals surface area contributed by atoms with E-state index in [1.807, 2.05) is 30.3 Å². The minimum absolute atomic E-state index is 0.0505. The van der Waals surface area contributed by atoms with Gasteiger partial charge in [-0.1, -0.05) is 42.1 Å². The van der Waals surface area contributed by atoms with Crippen LogP contribution in [0.3, 0.4) is 0 Å². The summed E-state index contributed by atoms with van der Waals surface area (Å²) in [6, 6.07) is 9.38. The minimum Gasteiger partial charge on any atom is -0.277 e. The molecule has 2 aliphatic rings. The summed E-state index contributed by atoms with van der Waals surface area (Å²) < 4.78 is 23.2. The number of hydrogen-bond donors (Lipinski definition) is 1. The number of amidine groups is 1. The lowest BCUT2D eigenvalue weighted by molar-refractivity contribution is 0.376. The molecule has 0 spiro atoms. The third kappa shape index (κ3) is 2.52. The molecule has 100 valence electrons. The summed E-state index contributed by atoms with van der Waals surface area (Å²) in [5.74, 6) is 0.251. The molecule has 2 saturated heterocycles. The maximum atomic E-state index is 11.6. The van der Waals surface area contributed by atoms with E-state index < -0.39 is 9.84 Å². The van der Waals surface area contributed by atoms with Crippen molar-refractivity contribution in [1.29, 1.82) is 5.41 Å². The lowest BCUT2D eigenvalue weighted by atomic mass is 10.2. The highest BCUT2D eigenvalue weighted by atomic mass is 32.2. The Hall–Kier alpha value is -1.34. The van der Waals surface area contributed by atoms with Crippen molar-refractivity contribution in [3.8, 4) is 0 Å². The highest BCUT2D eigenvalue weighted by Gasteiger charge is 2.48. The van der Waals surface area contributed by atoms with Crippen molar-refractivity contribution in [1.82, 2.24) is 5.01 Å². The number of hydrogen-bond acceptors (Lipinski definition) is 5. The monoisotopic (exact) mass is 295 g/mol. The van der Waals surface area contributed by atoms with Crippen molar-refractivity contribution < 1.29 is 8.42 Å². The number of benzene rings is 1. The van der Waals surface area contributed by atoms with Crippen LogP contribution < -0.4 is 0 Å². The van der Waals surface area contributed by atoms with E-state index in [-0.39, 0.29) is 22.8 Å². The normalized spacial score (nSPS) is 29.1. The van der Waals surface area contributed by atoms with E-state index in [1.165, 1.54) is 16.8 Å². The van der Waals surface area contributed by atoms with Gasteiger partial charge < -0.3 is 0 Å². The van der Waals surface area contributed by atoms with Crippen LogP contribution in [0.5, 0.6) is 0 Å². The van der Waals surface area contributed by atoms with E-state index in [2.05, 4.69) is 5.10 Å². The van der Waals surface area contributed by atoms with Crippen LogP contribution in [-0.4, -0.2) is 47.6 Å². The highest BCUT2D eigenvalue weighted by molar-refractivity contribution is 8.15. The number of fused-ring (bicyclic) bond motifs is 1. The second-order valence-electron chi connectivity index (χ2n) is 4.61. The Kier molecular flexibility index (Phi) is 3.10. The zero-order chi connectivity index (χ0) is 13.5. The molecule has 0 aromatic heterocycles. The molecule has 3 rings (SSSR count). The first kappa shape index (κ1) is 12.7. The second-order valence-corrected chi connectivity index (χ2v) is 7.99. The zero-order valence-corrected chi connectivity index (χ0v) is 11.7. The summed E-state index contributed by atoms with van der Waals surface area (Å²) in [6.07, 6.45) is 1.67. The van der Waals surface area contributed by atoms with E-state index in [0.717, 1.165) is 5.56 Å². The molecule has 19 heavy (non-hydrogen) atoms. The maximum absolute atomic E-state index is 11.6. The van der Waals surface area contributed by atoms with Crippen molar-refractivity contribution in [2.45, 2.75) is 11.3 Å². The van der Waals surface area contributed by atoms with Crippen LogP contribution in [0.1, 0.15) is 5.56 Å². The Morgan fingerprint density at radius 2 is 2.05 bits per heavy atom. The van der Waals surface area contributed by atoms with Gasteiger partial charge in [0.05, 0.1) is 23.8 Å². The Morgan fingerprint density at radius 3 is 2.79 bits per heavy atom. The molecule has 1 aromatic rings. The average Bonchev–Trinajstić information content (AvgIpc) is 2.79. The van der Waals surface area contributed by atoms with Crippen molar-refractivity contribution in [2.24, 2.45) is 5.10 Å². The minimum atomic E-state index is -2.98. The summed E-state index contributed by atoms with van der Waals surface area (Å²) in [6.45, 7) is 0. The quantitative estimate of drug-likeness (QED) is 0.831. The van der Waals surface area contributed by atoms with Gasteiger partial charge >= 0.3 is 0 Å². The number of sulfone groups is 1. The third-order valence-corrected chi connectivity index (χ3v) is 6.31. The van der Waals surface area contributed by atoms with Crippen LogP contribution in [0.25, 0.3) is 0 Å². The summed E-state index contributed by atoms with van der Waals surface area (Å²) in [7, 11) is -2.98. The molecule has 2 aliphatic heterocycles. The molecule has 2 unspecified atom stereocenters. The molecule has 7 heteroatoms.